The van der Waals surface area contributed by atoms with E-state index in [1.165, 1.54) is 31.2 Å². The number of esters is 1. The van der Waals surface area contributed by atoms with E-state index in [2.05, 4.69) is 4.72 Å². The van der Waals surface area contributed by atoms with Crippen molar-refractivity contribution in [2.45, 2.75) is 18.4 Å². The predicted octanol–water partition coefficient (Wildman–Crippen LogP) is 3.39. The molecule has 3 rings (SSSR count). The molecule has 0 fully saturated rings. The molecule has 3 aromatic carbocycles. The smallest absolute Gasteiger partial charge is 0.340 e. The van der Waals surface area contributed by atoms with Crippen molar-refractivity contribution in [3.05, 3.63) is 94.8 Å². The number of para-hydroxylation sites is 1. The van der Waals surface area contributed by atoms with Crippen molar-refractivity contribution in [2.75, 3.05) is 4.72 Å². The van der Waals surface area contributed by atoms with E-state index in [9.17, 15) is 22.4 Å². The maximum atomic E-state index is 13.3. The number of nitrogens with two attached hydrogens (primary N) is 1. The maximum Gasteiger partial charge on any atom is 0.340 e. The topological polar surface area (TPSA) is 116 Å². The number of amides is 1. The molecular weight excluding hydrogens is 423 g/mol. The van der Waals surface area contributed by atoms with Crippen molar-refractivity contribution in [1.29, 1.82) is 0 Å². The van der Waals surface area contributed by atoms with E-state index in [-0.39, 0.29) is 33.9 Å². The molecule has 9 heteroatoms. The Balaban J connectivity index is 1.80. The minimum absolute atomic E-state index is 0.00287. The van der Waals surface area contributed by atoms with Crippen LogP contribution in [0, 0.1) is 12.7 Å². The largest absolute Gasteiger partial charge is 0.457 e. The molecule has 0 heterocycles. The van der Waals surface area contributed by atoms with Crippen LogP contribution in [0.1, 0.15) is 31.8 Å². The standard InChI is InChI=1S/C22H19FN2O5S/c1-14-11-17(23)9-10-20(14)31(28,29)25-19-8-3-2-7-18(19)22(27)30-13-15-5-4-6-16(12-15)21(24)26/h2-12,25H,13H2,1H3,(H2,24,26). The third kappa shape index (κ3) is 5.26. The molecule has 7 nitrogen and oxygen atoms in total. The van der Waals surface area contributed by atoms with Crippen molar-refractivity contribution < 1.29 is 27.1 Å². The van der Waals surface area contributed by atoms with E-state index in [4.69, 9.17) is 10.5 Å². The predicted molar refractivity (Wildman–Crippen MR) is 112 cm³/mol. The van der Waals surface area contributed by atoms with Gasteiger partial charge in [-0.25, -0.2) is 17.6 Å². The summed E-state index contributed by atoms with van der Waals surface area (Å²) in [7, 11) is -4.07. The Morgan fingerprint density at radius 2 is 1.77 bits per heavy atom. The molecule has 0 aromatic heterocycles. The minimum Gasteiger partial charge on any atom is -0.457 e. The number of ether oxygens (including phenoxy) is 1. The fraction of sp³-hybridized carbons (Fsp3) is 0.0909. The average Bonchev–Trinajstić information content (AvgIpc) is 2.72. The van der Waals surface area contributed by atoms with Gasteiger partial charge in [-0.2, -0.15) is 0 Å². The Morgan fingerprint density at radius 1 is 1.03 bits per heavy atom. The lowest BCUT2D eigenvalue weighted by molar-refractivity contribution is 0.0474. The highest BCUT2D eigenvalue weighted by molar-refractivity contribution is 7.92. The first-order valence-corrected chi connectivity index (χ1v) is 10.6. The van der Waals surface area contributed by atoms with Crippen molar-refractivity contribution >= 4 is 27.6 Å². The summed E-state index contributed by atoms with van der Waals surface area (Å²) in [5.41, 5.74) is 6.30. The number of nitrogens with one attached hydrogen (secondary N) is 1. The Morgan fingerprint density at radius 3 is 2.48 bits per heavy atom. The van der Waals surface area contributed by atoms with Crippen LogP contribution in [-0.2, 0) is 21.4 Å². The number of aryl methyl sites for hydroxylation is 1. The van der Waals surface area contributed by atoms with Crippen molar-refractivity contribution in [3.8, 4) is 0 Å². The molecule has 0 saturated carbocycles. The first-order valence-electron chi connectivity index (χ1n) is 9.11. The summed E-state index contributed by atoms with van der Waals surface area (Å²) in [6.07, 6.45) is 0. The number of hydrogen-bond acceptors (Lipinski definition) is 5. The number of halogens is 1. The summed E-state index contributed by atoms with van der Waals surface area (Å²) in [5, 5.41) is 0. The number of carbonyl (C=O) groups excluding carboxylic acids is 2. The molecule has 0 bridgehead atoms. The van der Waals surface area contributed by atoms with Crippen LogP contribution in [0.4, 0.5) is 10.1 Å². The summed E-state index contributed by atoms with van der Waals surface area (Å²) in [5.74, 6) is -1.93. The van der Waals surface area contributed by atoms with Crippen molar-refractivity contribution in [2.24, 2.45) is 5.73 Å². The van der Waals surface area contributed by atoms with Gasteiger partial charge in [-0.3, -0.25) is 9.52 Å². The molecule has 0 radical (unpaired) electrons. The Labute approximate surface area is 178 Å². The van der Waals surface area contributed by atoms with Gasteiger partial charge in [-0.1, -0.05) is 24.3 Å². The van der Waals surface area contributed by atoms with Crippen LogP contribution < -0.4 is 10.5 Å². The van der Waals surface area contributed by atoms with Gasteiger partial charge in [0.25, 0.3) is 10.0 Å². The van der Waals surface area contributed by atoms with Crippen LogP contribution >= 0.6 is 0 Å². The number of primary amides is 1. The number of benzene rings is 3. The molecule has 0 aliphatic rings. The Bertz CT molecular complexity index is 1260. The van der Waals surface area contributed by atoms with E-state index in [0.717, 1.165) is 18.2 Å². The molecule has 31 heavy (non-hydrogen) atoms. The molecule has 0 unspecified atom stereocenters. The van der Waals surface area contributed by atoms with Crippen LogP contribution in [0.3, 0.4) is 0 Å². The van der Waals surface area contributed by atoms with Crippen LogP contribution in [0.5, 0.6) is 0 Å². The number of hydrogen-bond donors (Lipinski definition) is 2. The summed E-state index contributed by atoms with van der Waals surface area (Å²) in [4.78, 5) is 23.8. The highest BCUT2D eigenvalue weighted by atomic mass is 32.2. The van der Waals surface area contributed by atoms with E-state index >= 15 is 0 Å². The van der Waals surface area contributed by atoms with E-state index in [1.807, 2.05) is 0 Å². The Kier molecular flexibility index (Phi) is 6.36. The lowest BCUT2D eigenvalue weighted by Crippen LogP contribution is -2.17. The molecule has 3 N–H and O–H groups in total. The fourth-order valence-corrected chi connectivity index (χ4v) is 4.21. The summed E-state index contributed by atoms with van der Waals surface area (Å²) in [6, 6.07) is 15.6. The van der Waals surface area contributed by atoms with E-state index < -0.39 is 27.7 Å². The maximum absolute atomic E-state index is 13.3. The van der Waals surface area contributed by atoms with Gasteiger partial charge in [0.15, 0.2) is 0 Å². The summed E-state index contributed by atoms with van der Waals surface area (Å²) >= 11 is 0. The molecule has 0 atom stereocenters. The molecule has 0 aliphatic heterocycles. The number of sulfonamides is 1. The second-order valence-corrected chi connectivity index (χ2v) is 8.35. The minimum atomic E-state index is -4.07. The number of anilines is 1. The highest BCUT2D eigenvalue weighted by Crippen LogP contribution is 2.23. The van der Waals surface area contributed by atoms with Gasteiger partial charge in [0, 0.05) is 5.56 Å². The molecule has 160 valence electrons. The van der Waals surface area contributed by atoms with Crippen LogP contribution in [0.2, 0.25) is 0 Å². The normalized spacial score (nSPS) is 11.0. The highest BCUT2D eigenvalue weighted by Gasteiger charge is 2.21. The Hall–Kier alpha value is -3.72. The zero-order valence-electron chi connectivity index (χ0n) is 16.5. The second-order valence-electron chi connectivity index (χ2n) is 6.70. The molecule has 0 saturated heterocycles. The molecule has 3 aromatic rings. The fourth-order valence-electron chi connectivity index (χ4n) is 2.91. The third-order valence-corrected chi connectivity index (χ3v) is 5.92. The molecule has 1 amide bonds. The monoisotopic (exact) mass is 442 g/mol. The van der Waals surface area contributed by atoms with E-state index in [0.29, 0.717) is 5.56 Å². The molecular formula is C22H19FN2O5S. The number of carbonyl (C=O) groups is 2. The van der Waals surface area contributed by atoms with Crippen LogP contribution in [0.25, 0.3) is 0 Å². The lowest BCUT2D eigenvalue weighted by Gasteiger charge is -2.14. The van der Waals surface area contributed by atoms with Gasteiger partial charge >= 0.3 is 5.97 Å². The van der Waals surface area contributed by atoms with Gasteiger partial charge < -0.3 is 10.5 Å². The first kappa shape index (κ1) is 22.0. The SMILES string of the molecule is Cc1cc(F)ccc1S(=O)(=O)Nc1ccccc1C(=O)OCc1cccc(C(N)=O)c1. The van der Waals surface area contributed by atoms with Gasteiger partial charge in [-0.05, 0) is 60.5 Å². The molecule has 0 aliphatic carbocycles. The first-order chi connectivity index (χ1) is 14.7. The van der Waals surface area contributed by atoms with E-state index in [1.54, 1.807) is 24.3 Å². The van der Waals surface area contributed by atoms with Gasteiger partial charge in [0.1, 0.15) is 12.4 Å². The summed E-state index contributed by atoms with van der Waals surface area (Å²) in [6.45, 7) is 1.33. The lowest BCUT2D eigenvalue weighted by atomic mass is 10.1. The summed E-state index contributed by atoms with van der Waals surface area (Å²) < 4.78 is 46.5. The number of rotatable bonds is 7. The molecule has 0 spiro atoms. The van der Waals surface area contributed by atoms with Gasteiger partial charge in [0.2, 0.25) is 5.91 Å². The average molecular weight is 442 g/mol. The van der Waals surface area contributed by atoms with Gasteiger partial charge in [0.05, 0.1) is 16.1 Å². The third-order valence-electron chi connectivity index (χ3n) is 4.40. The second kappa shape index (κ2) is 8.97. The van der Waals surface area contributed by atoms with Crippen molar-refractivity contribution in [1.82, 2.24) is 0 Å². The van der Waals surface area contributed by atoms with Crippen LogP contribution in [0.15, 0.2) is 71.6 Å². The zero-order valence-corrected chi connectivity index (χ0v) is 17.3. The quantitative estimate of drug-likeness (QED) is 0.544. The van der Waals surface area contributed by atoms with Crippen LogP contribution in [-0.4, -0.2) is 20.3 Å². The van der Waals surface area contributed by atoms with Gasteiger partial charge in [-0.15, -0.1) is 0 Å². The zero-order chi connectivity index (χ0) is 22.6. The van der Waals surface area contributed by atoms with Crippen molar-refractivity contribution in [3.63, 3.8) is 0 Å².